The number of alkyl halides is 3. The molecule has 1 atom stereocenters. The Morgan fingerprint density at radius 2 is 2.00 bits per heavy atom. The van der Waals surface area contributed by atoms with E-state index in [1.807, 2.05) is 31.2 Å². The van der Waals surface area contributed by atoms with Gasteiger partial charge >= 0.3 is 6.18 Å². The Labute approximate surface area is 137 Å². The number of halogens is 3. The number of hydrogen-bond acceptors (Lipinski definition) is 2. The Bertz CT molecular complexity index is 767. The first-order valence-electron chi connectivity index (χ1n) is 7.77. The molecule has 0 unspecified atom stereocenters. The molecular weight excluding hydrogens is 319 g/mol. The SMILES string of the molecule is Cc1ccccc1[C@H]1CCCN1C(=O)c1cc(C(F)(F)F)n(C)n1. The van der Waals surface area contributed by atoms with Gasteiger partial charge in [-0.2, -0.15) is 18.3 Å². The van der Waals surface area contributed by atoms with Crippen LogP contribution in [0.1, 0.15) is 46.2 Å². The lowest BCUT2D eigenvalue weighted by molar-refractivity contribution is -0.143. The lowest BCUT2D eigenvalue weighted by Crippen LogP contribution is -2.31. The normalized spacial score (nSPS) is 18.2. The molecule has 3 rings (SSSR count). The molecule has 24 heavy (non-hydrogen) atoms. The van der Waals surface area contributed by atoms with E-state index in [0.29, 0.717) is 11.2 Å². The smallest absolute Gasteiger partial charge is 0.330 e. The van der Waals surface area contributed by atoms with Crippen LogP contribution in [0.15, 0.2) is 30.3 Å². The molecule has 0 radical (unpaired) electrons. The largest absolute Gasteiger partial charge is 0.433 e. The molecule has 0 aliphatic carbocycles. The fourth-order valence-corrected chi connectivity index (χ4v) is 3.28. The Kier molecular flexibility index (Phi) is 4.11. The predicted molar refractivity (Wildman–Crippen MR) is 82.4 cm³/mol. The van der Waals surface area contributed by atoms with E-state index in [0.717, 1.165) is 30.0 Å². The zero-order chi connectivity index (χ0) is 17.5. The third-order valence-corrected chi connectivity index (χ3v) is 4.45. The second kappa shape index (κ2) is 5.96. The van der Waals surface area contributed by atoms with Crippen LogP contribution in [0.25, 0.3) is 0 Å². The van der Waals surface area contributed by atoms with Gasteiger partial charge in [-0.25, -0.2) is 0 Å². The molecule has 2 aromatic rings. The molecule has 0 saturated carbocycles. The minimum absolute atomic E-state index is 0.116. The number of carbonyl (C=O) groups excluding carboxylic acids is 1. The summed E-state index contributed by atoms with van der Waals surface area (Å²) < 4.78 is 39.4. The molecular formula is C17H18F3N3O. The molecule has 128 valence electrons. The van der Waals surface area contributed by atoms with Crippen molar-refractivity contribution in [3.8, 4) is 0 Å². The van der Waals surface area contributed by atoms with Crippen molar-refractivity contribution in [2.45, 2.75) is 32.0 Å². The van der Waals surface area contributed by atoms with Crippen molar-refractivity contribution in [2.24, 2.45) is 7.05 Å². The highest BCUT2D eigenvalue weighted by molar-refractivity contribution is 5.93. The van der Waals surface area contributed by atoms with Gasteiger partial charge in [0.15, 0.2) is 5.69 Å². The fourth-order valence-electron chi connectivity index (χ4n) is 3.28. The van der Waals surface area contributed by atoms with Gasteiger partial charge in [0.25, 0.3) is 5.91 Å². The molecule has 1 aromatic heterocycles. The van der Waals surface area contributed by atoms with Crippen LogP contribution in [0, 0.1) is 6.92 Å². The van der Waals surface area contributed by atoms with Crippen LogP contribution in [0.4, 0.5) is 13.2 Å². The number of hydrogen-bond donors (Lipinski definition) is 0. The lowest BCUT2D eigenvalue weighted by atomic mass is 9.99. The second-order valence-electron chi connectivity index (χ2n) is 6.05. The van der Waals surface area contributed by atoms with Gasteiger partial charge in [-0.1, -0.05) is 24.3 Å². The van der Waals surface area contributed by atoms with E-state index in [1.54, 1.807) is 4.90 Å². The molecule has 0 spiro atoms. The Hall–Kier alpha value is -2.31. The van der Waals surface area contributed by atoms with Crippen molar-refractivity contribution >= 4 is 5.91 Å². The molecule has 7 heteroatoms. The minimum atomic E-state index is -4.53. The van der Waals surface area contributed by atoms with E-state index in [4.69, 9.17) is 0 Å². The van der Waals surface area contributed by atoms with Gasteiger partial charge < -0.3 is 4.90 Å². The van der Waals surface area contributed by atoms with Gasteiger partial charge in [-0.15, -0.1) is 0 Å². The standard InChI is InChI=1S/C17H18F3N3O/c1-11-6-3-4-7-12(11)14-8-5-9-23(14)16(24)13-10-15(17(18,19)20)22(2)21-13/h3-4,6-7,10,14H,5,8-9H2,1-2H3/t14-/m1/s1. The summed E-state index contributed by atoms with van der Waals surface area (Å²) >= 11 is 0. The Morgan fingerprint density at radius 3 is 2.62 bits per heavy atom. The fraction of sp³-hybridized carbons (Fsp3) is 0.412. The van der Waals surface area contributed by atoms with Gasteiger partial charge in [0, 0.05) is 19.7 Å². The summed E-state index contributed by atoms with van der Waals surface area (Å²) in [5.74, 6) is -0.452. The van der Waals surface area contributed by atoms with Crippen molar-refractivity contribution in [3.05, 3.63) is 52.8 Å². The quantitative estimate of drug-likeness (QED) is 0.838. The van der Waals surface area contributed by atoms with Gasteiger partial charge in [-0.05, 0) is 30.9 Å². The van der Waals surface area contributed by atoms with Gasteiger partial charge in [0.2, 0.25) is 0 Å². The maximum Gasteiger partial charge on any atom is 0.433 e. The van der Waals surface area contributed by atoms with Crippen LogP contribution in [0.2, 0.25) is 0 Å². The van der Waals surface area contributed by atoms with Crippen molar-refractivity contribution in [1.82, 2.24) is 14.7 Å². The maximum atomic E-state index is 12.9. The van der Waals surface area contributed by atoms with E-state index in [2.05, 4.69) is 5.10 Å². The summed E-state index contributed by atoms with van der Waals surface area (Å²) in [6.45, 7) is 2.49. The molecule has 4 nitrogen and oxygen atoms in total. The van der Waals surface area contributed by atoms with Gasteiger partial charge in [0.1, 0.15) is 5.69 Å². The number of aryl methyl sites for hydroxylation is 2. The number of likely N-dealkylation sites (tertiary alicyclic amines) is 1. The molecule has 0 N–H and O–H groups in total. The molecule has 0 bridgehead atoms. The number of nitrogens with zero attached hydrogens (tertiary/aromatic N) is 3. The van der Waals surface area contributed by atoms with Gasteiger partial charge in [-0.3, -0.25) is 9.48 Å². The molecule has 1 fully saturated rings. The summed E-state index contributed by atoms with van der Waals surface area (Å²) in [6, 6.07) is 8.48. The monoisotopic (exact) mass is 337 g/mol. The zero-order valence-electron chi connectivity index (χ0n) is 13.5. The number of benzene rings is 1. The maximum absolute atomic E-state index is 12.9. The van der Waals surface area contributed by atoms with Crippen LogP contribution in [0.3, 0.4) is 0 Å². The first kappa shape index (κ1) is 16.5. The summed E-state index contributed by atoms with van der Waals surface area (Å²) in [5, 5.41) is 3.78. The topological polar surface area (TPSA) is 38.1 Å². The van der Waals surface area contributed by atoms with Gasteiger partial charge in [0.05, 0.1) is 6.04 Å². The van der Waals surface area contributed by atoms with Crippen LogP contribution < -0.4 is 0 Å². The Balaban J connectivity index is 1.91. The van der Waals surface area contributed by atoms with Crippen molar-refractivity contribution in [2.75, 3.05) is 6.54 Å². The summed E-state index contributed by atoms with van der Waals surface area (Å²) in [5.41, 5.74) is 1.03. The predicted octanol–water partition coefficient (Wildman–Crippen LogP) is 3.72. The highest BCUT2D eigenvalue weighted by Crippen LogP contribution is 2.35. The van der Waals surface area contributed by atoms with E-state index in [1.165, 1.54) is 7.05 Å². The van der Waals surface area contributed by atoms with Crippen LogP contribution in [0.5, 0.6) is 0 Å². The van der Waals surface area contributed by atoms with E-state index >= 15 is 0 Å². The molecule has 1 aliphatic rings. The zero-order valence-corrected chi connectivity index (χ0v) is 13.5. The van der Waals surface area contributed by atoms with Crippen LogP contribution >= 0.6 is 0 Å². The molecule has 1 amide bonds. The van der Waals surface area contributed by atoms with Crippen molar-refractivity contribution in [3.63, 3.8) is 0 Å². The molecule has 1 aliphatic heterocycles. The average molecular weight is 337 g/mol. The number of amides is 1. The van der Waals surface area contributed by atoms with Crippen LogP contribution in [-0.2, 0) is 13.2 Å². The Morgan fingerprint density at radius 1 is 1.29 bits per heavy atom. The van der Waals surface area contributed by atoms with Crippen LogP contribution in [-0.4, -0.2) is 27.1 Å². The highest BCUT2D eigenvalue weighted by Gasteiger charge is 2.38. The summed E-state index contributed by atoms with van der Waals surface area (Å²) in [7, 11) is 1.20. The summed E-state index contributed by atoms with van der Waals surface area (Å²) in [6.07, 6.45) is -2.90. The van der Waals surface area contributed by atoms with E-state index in [9.17, 15) is 18.0 Å². The first-order valence-corrected chi connectivity index (χ1v) is 7.77. The third kappa shape index (κ3) is 2.90. The first-order chi connectivity index (χ1) is 11.3. The molecule has 1 saturated heterocycles. The second-order valence-corrected chi connectivity index (χ2v) is 6.05. The highest BCUT2D eigenvalue weighted by atomic mass is 19.4. The average Bonchev–Trinajstić information content (AvgIpc) is 3.13. The minimum Gasteiger partial charge on any atom is -0.330 e. The lowest BCUT2D eigenvalue weighted by Gasteiger charge is -2.25. The summed E-state index contributed by atoms with van der Waals surface area (Å²) in [4.78, 5) is 14.3. The van der Waals surface area contributed by atoms with E-state index in [-0.39, 0.29) is 11.7 Å². The van der Waals surface area contributed by atoms with Crippen molar-refractivity contribution < 1.29 is 18.0 Å². The number of aromatic nitrogens is 2. The number of rotatable bonds is 2. The third-order valence-electron chi connectivity index (χ3n) is 4.45. The number of carbonyl (C=O) groups is 1. The van der Waals surface area contributed by atoms with Crippen molar-refractivity contribution in [1.29, 1.82) is 0 Å². The molecule has 1 aromatic carbocycles. The van der Waals surface area contributed by atoms with E-state index < -0.39 is 17.8 Å². The molecule has 2 heterocycles.